The van der Waals surface area contributed by atoms with Crippen LogP contribution in [0, 0.1) is 5.41 Å². The molecule has 1 aromatic heterocycles. The van der Waals surface area contributed by atoms with Crippen molar-refractivity contribution in [3.05, 3.63) is 27.9 Å². The highest BCUT2D eigenvalue weighted by Gasteiger charge is 2.30. The molecule has 0 amide bonds. The molecule has 4 nitrogen and oxygen atoms in total. The van der Waals surface area contributed by atoms with E-state index in [4.69, 9.17) is 9.72 Å². The average Bonchev–Trinajstić information content (AvgIpc) is 2.87. The van der Waals surface area contributed by atoms with Crippen LogP contribution in [0.5, 0.6) is 0 Å². The monoisotopic (exact) mass is 278 g/mol. The van der Waals surface area contributed by atoms with Gasteiger partial charge in [0, 0.05) is 18.6 Å². The van der Waals surface area contributed by atoms with Gasteiger partial charge in [-0.05, 0) is 25.2 Å². The maximum Gasteiger partial charge on any atom is 0.251 e. The van der Waals surface area contributed by atoms with E-state index in [1.807, 2.05) is 6.92 Å². The number of nitrogens with one attached hydrogen (secondary N) is 1. The van der Waals surface area contributed by atoms with Gasteiger partial charge < -0.3 is 9.72 Å². The van der Waals surface area contributed by atoms with Gasteiger partial charge in [-0.2, -0.15) is 0 Å². The van der Waals surface area contributed by atoms with Crippen molar-refractivity contribution in [1.82, 2.24) is 9.97 Å². The minimum Gasteiger partial charge on any atom is -0.370 e. The van der Waals surface area contributed by atoms with E-state index in [0.29, 0.717) is 18.3 Å². The van der Waals surface area contributed by atoms with E-state index in [-0.39, 0.29) is 17.1 Å². The largest absolute Gasteiger partial charge is 0.370 e. The number of nitrogens with zero attached hydrogens (tertiary/aromatic N) is 1. The average molecular weight is 278 g/mol. The van der Waals surface area contributed by atoms with Crippen molar-refractivity contribution in [2.24, 2.45) is 5.41 Å². The Hall–Kier alpha value is -1.16. The summed E-state index contributed by atoms with van der Waals surface area (Å²) < 4.78 is 5.83. The molecule has 1 fully saturated rings. The maximum absolute atomic E-state index is 12.0. The highest BCUT2D eigenvalue weighted by molar-refractivity contribution is 5.12. The van der Waals surface area contributed by atoms with Crippen molar-refractivity contribution in [3.8, 4) is 0 Å². The third-order valence-corrected chi connectivity index (χ3v) is 3.92. The molecule has 0 aliphatic heterocycles. The number of hydrogen-bond acceptors (Lipinski definition) is 3. The van der Waals surface area contributed by atoms with Crippen LogP contribution in [-0.4, -0.2) is 16.6 Å². The molecule has 0 bridgehead atoms. The topological polar surface area (TPSA) is 55.0 Å². The molecule has 1 aliphatic carbocycles. The maximum atomic E-state index is 12.0. The van der Waals surface area contributed by atoms with Gasteiger partial charge in [-0.3, -0.25) is 4.79 Å². The molecule has 1 atom stereocenters. The molecule has 0 aromatic carbocycles. The van der Waals surface area contributed by atoms with Gasteiger partial charge in [0.25, 0.3) is 5.56 Å². The number of hydrogen-bond donors (Lipinski definition) is 1. The first-order valence-electron chi connectivity index (χ1n) is 7.64. The number of aromatic nitrogens is 2. The summed E-state index contributed by atoms with van der Waals surface area (Å²) in [4.78, 5) is 19.5. The van der Waals surface area contributed by atoms with E-state index in [1.54, 1.807) is 6.07 Å². The van der Waals surface area contributed by atoms with Crippen LogP contribution in [0.2, 0.25) is 0 Å². The molecule has 0 spiro atoms. The Balaban J connectivity index is 2.36. The molecule has 1 N–H and O–H groups in total. The summed E-state index contributed by atoms with van der Waals surface area (Å²) in [6.07, 6.45) is 4.59. The number of H-pyrrole nitrogens is 1. The van der Waals surface area contributed by atoms with Crippen LogP contribution in [-0.2, 0) is 4.74 Å². The zero-order valence-corrected chi connectivity index (χ0v) is 13.0. The van der Waals surface area contributed by atoms with E-state index in [1.165, 1.54) is 12.8 Å². The molecule has 0 saturated heterocycles. The third-order valence-electron chi connectivity index (χ3n) is 3.92. The minimum atomic E-state index is -0.179. The second kappa shape index (κ2) is 6.08. The molecule has 1 unspecified atom stereocenters. The molecule has 1 aromatic rings. The quantitative estimate of drug-likeness (QED) is 0.916. The summed E-state index contributed by atoms with van der Waals surface area (Å²) in [5, 5.41) is 0. The van der Waals surface area contributed by atoms with Crippen molar-refractivity contribution in [2.45, 2.75) is 65.4 Å². The fourth-order valence-corrected chi connectivity index (χ4v) is 2.96. The summed E-state index contributed by atoms with van der Waals surface area (Å²) >= 11 is 0. The van der Waals surface area contributed by atoms with Crippen LogP contribution in [0.4, 0.5) is 0 Å². The van der Waals surface area contributed by atoms with Crippen LogP contribution in [0.25, 0.3) is 0 Å². The lowest BCUT2D eigenvalue weighted by Crippen LogP contribution is -2.27. The van der Waals surface area contributed by atoms with E-state index in [9.17, 15) is 4.79 Å². The lowest BCUT2D eigenvalue weighted by molar-refractivity contribution is -0.0194. The first-order valence-corrected chi connectivity index (χ1v) is 7.64. The Bertz CT molecular complexity index is 496. The SMILES string of the molecule is CCOC(c1nc(C2CCCC2)cc(=O)[nH]1)C(C)(C)C. The standard InChI is InChI=1S/C16H26N2O2/c1-5-20-14(16(2,3)4)15-17-12(10-13(19)18-15)11-8-6-7-9-11/h10-11,14H,5-9H2,1-4H3,(H,17,18,19). The van der Waals surface area contributed by atoms with Crippen molar-refractivity contribution in [3.63, 3.8) is 0 Å². The molecule has 1 heterocycles. The van der Waals surface area contributed by atoms with E-state index < -0.39 is 0 Å². The van der Waals surface area contributed by atoms with E-state index in [0.717, 1.165) is 18.5 Å². The molecule has 1 saturated carbocycles. The normalized spacial score (nSPS) is 18.4. The zero-order chi connectivity index (χ0) is 14.8. The number of aromatic amines is 1. The van der Waals surface area contributed by atoms with Crippen LogP contribution in [0.3, 0.4) is 0 Å². The van der Waals surface area contributed by atoms with Gasteiger partial charge in [-0.1, -0.05) is 33.6 Å². The number of rotatable bonds is 4. The van der Waals surface area contributed by atoms with Crippen molar-refractivity contribution in [1.29, 1.82) is 0 Å². The van der Waals surface area contributed by atoms with E-state index >= 15 is 0 Å². The molecule has 20 heavy (non-hydrogen) atoms. The fourth-order valence-electron chi connectivity index (χ4n) is 2.96. The number of ether oxygens (including phenoxy) is 1. The first-order chi connectivity index (χ1) is 9.41. The summed E-state index contributed by atoms with van der Waals surface area (Å²) in [7, 11) is 0. The lowest BCUT2D eigenvalue weighted by atomic mass is 9.88. The van der Waals surface area contributed by atoms with E-state index in [2.05, 4.69) is 25.8 Å². The van der Waals surface area contributed by atoms with Crippen LogP contribution in [0.15, 0.2) is 10.9 Å². The van der Waals surface area contributed by atoms with Gasteiger partial charge in [0.15, 0.2) is 0 Å². The van der Waals surface area contributed by atoms with Gasteiger partial charge in [-0.25, -0.2) is 4.98 Å². The summed E-state index contributed by atoms with van der Waals surface area (Å²) in [5.74, 6) is 1.12. The Morgan fingerprint density at radius 3 is 2.60 bits per heavy atom. The van der Waals surface area contributed by atoms with Crippen LogP contribution >= 0.6 is 0 Å². The molecular weight excluding hydrogens is 252 g/mol. The molecule has 112 valence electrons. The molecule has 1 aliphatic rings. The smallest absolute Gasteiger partial charge is 0.251 e. The lowest BCUT2D eigenvalue weighted by Gasteiger charge is -2.29. The Labute approximate surface area is 121 Å². The first kappa shape index (κ1) is 15.2. The summed E-state index contributed by atoms with van der Waals surface area (Å²) in [6.45, 7) is 8.90. The molecule has 2 rings (SSSR count). The Morgan fingerprint density at radius 1 is 1.40 bits per heavy atom. The van der Waals surface area contributed by atoms with Gasteiger partial charge in [0.05, 0.1) is 5.69 Å². The summed E-state index contributed by atoms with van der Waals surface area (Å²) in [6, 6.07) is 1.66. The minimum absolute atomic E-state index is 0.0640. The zero-order valence-electron chi connectivity index (χ0n) is 13.0. The predicted molar refractivity (Wildman–Crippen MR) is 79.9 cm³/mol. The second-order valence-corrected chi connectivity index (χ2v) is 6.74. The van der Waals surface area contributed by atoms with Gasteiger partial charge in [-0.15, -0.1) is 0 Å². The highest BCUT2D eigenvalue weighted by Crippen LogP contribution is 2.36. The Kier molecular flexibility index (Phi) is 4.63. The molecular formula is C16H26N2O2. The van der Waals surface area contributed by atoms with Crippen LogP contribution < -0.4 is 5.56 Å². The van der Waals surface area contributed by atoms with Gasteiger partial charge in [0.1, 0.15) is 11.9 Å². The van der Waals surface area contributed by atoms with Crippen molar-refractivity contribution in [2.75, 3.05) is 6.61 Å². The second-order valence-electron chi connectivity index (χ2n) is 6.74. The highest BCUT2D eigenvalue weighted by atomic mass is 16.5. The Morgan fingerprint density at radius 2 is 2.05 bits per heavy atom. The third kappa shape index (κ3) is 3.48. The predicted octanol–water partition coefficient (Wildman–Crippen LogP) is 3.55. The summed E-state index contributed by atoms with van der Waals surface area (Å²) in [5.41, 5.74) is 0.779. The van der Waals surface area contributed by atoms with Crippen molar-refractivity contribution >= 4 is 0 Å². The molecule has 4 heteroatoms. The fraction of sp³-hybridized carbons (Fsp3) is 0.750. The van der Waals surface area contributed by atoms with Gasteiger partial charge >= 0.3 is 0 Å². The van der Waals surface area contributed by atoms with Gasteiger partial charge in [0.2, 0.25) is 0 Å². The molecule has 0 radical (unpaired) electrons. The van der Waals surface area contributed by atoms with Crippen molar-refractivity contribution < 1.29 is 4.74 Å². The van der Waals surface area contributed by atoms with Crippen LogP contribution in [0.1, 0.15) is 76.9 Å².